The van der Waals surface area contributed by atoms with Gasteiger partial charge in [0.2, 0.25) is 5.91 Å². The van der Waals surface area contributed by atoms with Crippen LogP contribution in [0.4, 0.5) is 5.69 Å². The average molecular weight is 300 g/mol. The number of fused-ring (bicyclic) bond motifs is 2. The summed E-state index contributed by atoms with van der Waals surface area (Å²) in [7, 11) is 0. The van der Waals surface area contributed by atoms with Gasteiger partial charge in [-0.1, -0.05) is 38.5 Å². The second-order valence-electron chi connectivity index (χ2n) is 7.85. The van der Waals surface area contributed by atoms with Gasteiger partial charge < -0.3 is 10.6 Å². The third kappa shape index (κ3) is 2.73. The quantitative estimate of drug-likeness (QED) is 0.892. The highest BCUT2D eigenvalue weighted by molar-refractivity contribution is 5.81. The van der Waals surface area contributed by atoms with Gasteiger partial charge in [-0.3, -0.25) is 4.79 Å². The van der Waals surface area contributed by atoms with Gasteiger partial charge in [0.05, 0.1) is 6.54 Å². The van der Waals surface area contributed by atoms with E-state index in [1.165, 1.54) is 12.0 Å². The van der Waals surface area contributed by atoms with E-state index in [4.69, 9.17) is 0 Å². The minimum Gasteiger partial charge on any atom is -0.376 e. The lowest BCUT2D eigenvalue weighted by Gasteiger charge is -2.62. The number of hydrogen-bond acceptors (Lipinski definition) is 2. The molecule has 120 valence electrons. The van der Waals surface area contributed by atoms with Gasteiger partial charge in [0.15, 0.2) is 0 Å². The van der Waals surface area contributed by atoms with Crippen molar-refractivity contribution in [1.29, 1.82) is 0 Å². The van der Waals surface area contributed by atoms with Crippen LogP contribution < -0.4 is 10.6 Å². The Hall–Kier alpha value is -1.51. The highest BCUT2D eigenvalue weighted by Gasteiger charge is 2.56. The van der Waals surface area contributed by atoms with Crippen molar-refractivity contribution < 1.29 is 4.79 Å². The number of aryl methyl sites for hydroxylation is 1. The molecule has 4 atom stereocenters. The van der Waals surface area contributed by atoms with Crippen LogP contribution in [0.2, 0.25) is 0 Å². The number of anilines is 1. The molecule has 3 saturated carbocycles. The van der Waals surface area contributed by atoms with E-state index in [1.54, 1.807) is 0 Å². The van der Waals surface area contributed by atoms with Crippen molar-refractivity contribution in [2.75, 3.05) is 11.9 Å². The number of amides is 1. The number of carbonyl (C=O) groups excluding carboxylic acids is 1. The van der Waals surface area contributed by atoms with Gasteiger partial charge in [0.25, 0.3) is 0 Å². The zero-order valence-electron chi connectivity index (χ0n) is 14.1. The zero-order valence-corrected chi connectivity index (χ0v) is 14.1. The number of carbonyl (C=O) groups is 1. The molecule has 3 fully saturated rings. The summed E-state index contributed by atoms with van der Waals surface area (Å²) < 4.78 is 0. The summed E-state index contributed by atoms with van der Waals surface area (Å²) in [4.78, 5) is 12.2. The Morgan fingerprint density at radius 2 is 1.91 bits per heavy atom. The fourth-order valence-corrected chi connectivity index (χ4v) is 4.45. The molecule has 0 spiro atoms. The molecular weight excluding hydrogens is 272 g/mol. The van der Waals surface area contributed by atoms with E-state index >= 15 is 0 Å². The lowest BCUT2D eigenvalue weighted by atomic mass is 9.45. The van der Waals surface area contributed by atoms with Crippen LogP contribution in [-0.4, -0.2) is 18.5 Å². The Labute approximate surface area is 133 Å². The summed E-state index contributed by atoms with van der Waals surface area (Å²) in [6.45, 7) is 9.50. The first-order chi connectivity index (χ1) is 10.4. The van der Waals surface area contributed by atoms with Crippen molar-refractivity contribution >= 4 is 11.6 Å². The Kier molecular flexibility index (Phi) is 3.92. The minimum atomic E-state index is 0.108. The van der Waals surface area contributed by atoms with Crippen LogP contribution in [0.15, 0.2) is 24.3 Å². The van der Waals surface area contributed by atoms with E-state index in [2.05, 4.69) is 50.5 Å². The first-order valence-electron chi connectivity index (χ1n) is 8.48. The van der Waals surface area contributed by atoms with Gasteiger partial charge >= 0.3 is 0 Å². The van der Waals surface area contributed by atoms with E-state index in [-0.39, 0.29) is 5.91 Å². The number of benzene rings is 1. The van der Waals surface area contributed by atoms with E-state index < -0.39 is 0 Å². The summed E-state index contributed by atoms with van der Waals surface area (Å²) in [6, 6.07) is 8.50. The lowest BCUT2D eigenvalue weighted by molar-refractivity contribution is -0.132. The lowest BCUT2D eigenvalue weighted by Crippen LogP contribution is -2.61. The predicted molar refractivity (Wildman–Crippen MR) is 90.8 cm³/mol. The summed E-state index contributed by atoms with van der Waals surface area (Å²) in [5.41, 5.74) is 2.70. The van der Waals surface area contributed by atoms with Gasteiger partial charge in [-0.25, -0.2) is 0 Å². The molecule has 1 aromatic rings. The SMILES string of the molecule is Cc1ccc(NCC(=O)N[C@@H]2C[C@@H]3C[C@H]([C@H]2C)C3(C)C)cc1. The van der Waals surface area contributed by atoms with E-state index in [0.717, 1.165) is 23.9 Å². The predicted octanol–water partition coefficient (Wildman–Crippen LogP) is 3.59. The largest absolute Gasteiger partial charge is 0.376 e. The summed E-state index contributed by atoms with van der Waals surface area (Å²) in [6.07, 6.45) is 2.49. The molecule has 1 amide bonds. The molecule has 2 N–H and O–H groups in total. The molecule has 0 heterocycles. The van der Waals surface area contributed by atoms with Crippen LogP contribution in [0.25, 0.3) is 0 Å². The van der Waals surface area contributed by atoms with Crippen molar-refractivity contribution in [3.8, 4) is 0 Å². The Balaban J connectivity index is 1.49. The van der Waals surface area contributed by atoms with Gasteiger partial charge in [0, 0.05) is 11.7 Å². The van der Waals surface area contributed by atoms with Gasteiger partial charge in [-0.2, -0.15) is 0 Å². The third-order valence-electron chi connectivity index (χ3n) is 6.21. The Bertz CT molecular complexity index is 549. The number of hydrogen-bond donors (Lipinski definition) is 2. The second kappa shape index (κ2) is 5.60. The van der Waals surface area contributed by atoms with Crippen molar-refractivity contribution in [2.45, 2.75) is 46.6 Å². The minimum absolute atomic E-state index is 0.108. The molecule has 3 aliphatic rings. The topological polar surface area (TPSA) is 41.1 Å². The number of nitrogens with one attached hydrogen (secondary N) is 2. The Morgan fingerprint density at radius 3 is 2.50 bits per heavy atom. The maximum atomic E-state index is 12.2. The average Bonchev–Trinajstić information content (AvgIpc) is 2.48. The summed E-state index contributed by atoms with van der Waals surface area (Å²) >= 11 is 0. The summed E-state index contributed by atoms with van der Waals surface area (Å²) in [5, 5.41) is 6.45. The van der Waals surface area contributed by atoms with Crippen molar-refractivity contribution in [2.24, 2.45) is 23.2 Å². The van der Waals surface area contributed by atoms with Crippen LogP contribution in [-0.2, 0) is 4.79 Å². The molecule has 0 radical (unpaired) electrons. The molecule has 1 aromatic carbocycles. The van der Waals surface area contributed by atoms with Crippen LogP contribution in [0.5, 0.6) is 0 Å². The van der Waals surface area contributed by atoms with Crippen LogP contribution >= 0.6 is 0 Å². The molecule has 22 heavy (non-hydrogen) atoms. The molecule has 3 aliphatic carbocycles. The van der Waals surface area contributed by atoms with Crippen LogP contribution in [0.1, 0.15) is 39.2 Å². The molecule has 0 aromatic heterocycles. The second-order valence-corrected chi connectivity index (χ2v) is 7.85. The Morgan fingerprint density at radius 1 is 1.23 bits per heavy atom. The fraction of sp³-hybridized carbons (Fsp3) is 0.632. The zero-order chi connectivity index (χ0) is 15.9. The molecule has 2 bridgehead atoms. The first-order valence-corrected chi connectivity index (χ1v) is 8.48. The van der Waals surface area contributed by atoms with Crippen LogP contribution in [0.3, 0.4) is 0 Å². The van der Waals surface area contributed by atoms with E-state index in [1.807, 2.05) is 12.1 Å². The monoisotopic (exact) mass is 300 g/mol. The highest BCUT2D eigenvalue weighted by Crippen LogP contribution is 2.61. The molecular formula is C19H28N2O. The maximum Gasteiger partial charge on any atom is 0.239 e. The molecule has 4 rings (SSSR count). The molecule has 0 unspecified atom stereocenters. The normalized spacial score (nSPS) is 32.0. The van der Waals surface area contributed by atoms with Crippen LogP contribution in [0, 0.1) is 30.1 Å². The highest BCUT2D eigenvalue weighted by atomic mass is 16.2. The molecule has 3 heteroatoms. The number of rotatable bonds is 4. The van der Waals surface area contributed by atoms with E-state index in [0.29, 0.717) is 23.9 Å². The van der Waals surface area contributed by atoms with Crippen molar-refractivity contribution in [3.63, 3.8) is 0 Å². The maximum absolute atomic E-state index is 12.2. The van der Waals surface area contributed by atoms with E-state index in [9.17, 15) is 4.79 Å². The molecule has 3 nitrogen and oxygen atoms in total. The van der Waals surface area contributed by atoms with Gasteiger partial charge in [-0.05, 0) is 55.1 Å². The fourth-order valence-electron chi connectivity index (χ4n) is 4.45. The smallest absolute Gasteiger partial charge is 0.239 e. The molecule has 0 saturated heterocycles. The molecule has 0 aliphatic heterocycles. The van der Waals surface area contributed by atoms with Gasteiger partial charge in [0.1, 0.15) is 0 Å². The van der Waals surface area contributed by atoms with Crippen molar-refractivity contribution in [3.05, 3.63) is 29.8 Å². The standard InChI is InChI=1S/C19H28N2O/c1-12-5-7-15(8-6-12)20-11-18(22)21-17-10-14-9-16(13(17)2)19(14,3)4/h5-8,13-14,16-17,20H,9-11H2,1-4H3,(H,21,22)/t13-,14+,16-,17-/m1/s1. The van der Waals surface area contributed by atoms with Crippen molar-refractivity contribution in [1.82, 2.24) is 5.32 Å². The summed E-state index contributed by atoms with van der Waals surface area (Å²) in [5.74, 6) is 2.24. The first kappa shape index (κ1) is 15.4. The third-order valence-corrected chi connectivity index (χ3v) is 6.21. The van der Waals surface area contributed by atoms with Gasteiger partial charge in [-0.15, -0.1) is 0 Å².